The minimum atomic E-state index is -3.47. The maximum absolute atomic E-state index is 12.8. The lowest BCUT2D eigenvalue weighted by Crippen LogP contribution is -2.08. The standard InChI is InChI=1S/C16H15N3O2S/c1-19-16(17-12-18-19)14-9-5-6-10-15(14)22(20,21)11-13-7-3-2-4-8-13/h2-10,12H,11H2,1H3. The molecule has 1 heterocycles. The van der Waals surface area contributed by atoms with E-state index in [-0.39, 0.29) is 10.6 Å². The average Bonchev–Trinajstić information content (AvgIpc) is 2.94. The zero-order valence-electron chi connectivity index (χ0n) is 12.0. The van der Waals surface area contributed by atoms with Gasteiger partial charge in [-0.1, -0.05) is 42.5 Å². The van der Waals surface area contributed by atoms with Crippen molar-refractivity contribution in [3.8, 4) is 11.4 Å². The Balaban J connectivity index is 2.07. The summed E-state index contributed by atoms with van der Waals surface area (Å²) in [5.74, 6) is 0.495. The normalized spacial score (nSPS) is 11.5. The molecule has 0 N–H and O–H groups in total. The number of aromatic nitrogens is 3. The van der Waals surface area contributed by atoms with Crippen LogP contribution in [0.25, 0.3) is 11.4 Å². The lowest BCUT2D eigenvalue weighted by molar-refractivity contribution is 0.595. The number of nitrogens with zero attached hydrogens (tertiary/aromatic N) is 3. The number of sulfone groups is 1. The van der Waals surface area contributed by atoms with E-state index >= 15 is 0 Å². The zero-order chi connectivity index (χ0) is 15.6. The van der Waals surface area contributed by atoms with Crippen LogP contribution < -0.4 is 0 Å². The van der Waals surface area contributed by atoms with Crippen molar-refractivity contribution in [3.63, 3.8) is 0 Å². The minimum absolute atomic E-state index is 0.0390. The molecule has 22 heavy (non-hydrogen) atoms. The first-order valence-electron chi connectivity index (χ1n) is 6.78. The molecular formula is C16H15N3O2S. The van der Waals surface area contributed by atoms with Gasteiger partial charge in [0.1, 0.15) is 6.33 Å². The number of rotatable bonds is 4. The van der Waals surface area contributed by atoms with Gasteiger partial charge in [-0.05, 0) is 17.7 Å². The fraction of sp³-hybridized carbons (Fsp3) is 0.125. The fourth-order valence-electron chi connectivity index (χ4n) is 2.33. The van der Waals surface area contributed by atoms with E-state index in [0.29, 0.717) is 11.4 Å². The van der Waals surface area contributed by atoms with E-state index in [4.69, 9.17) is 0 Å². The largest absolute Gasteiger partial charge is 0.249 e. The molecule has 0 fully saturated rings. The van der Waals surface area contributed by atoms with Gasteiger partial charge in [-0.15, -0.1) is 0 Å². The first kappa shape index (κ1) is 14.5. The van der Waals surface area contributed by atoms with Gasteiger partial charge in [0.2, 0.25) is 0 Å². The van der Waals surface area contributed by atoms with Crippen LogP contribution in [0.3, 0.4) is 0 Å². The highest BCUT2D eigenvalue weighted by atomic mass is 32.2. The quantitative estimate of drug-likeness (QED) is 0.742. The predicted molar refractivity (Wildman–Crippen MR) is 83.8 cm³/mol. The van der Waals surface area contributed by atoms with Crippen LogP contribution in [0.4, 0.5) is 0 Å². The zero-order valence-corrected chi connectivity index (χ0v) is 12.9. The Hall–Kier alpha value is -2.47. The van der Waals surface area contributed by atoms with E-state index in [1.807, 2.05) is 30.3 Å². The smallest absolute Gasteiger partial charge is 0.183 e. The van der Waals surface area contributed by atoms with Gasteiger partial charge in [-0.25, -0.2) is 18.1 Å². The van der Waals surface area contributed by atoms with Crippen molar-refractivity contribution in [1.82, 2.24) is 14.8 Å². The molecule has 0 aliphatic heterocycles. The molecule has 1 aromatic heterocycles. The summed E-state index contributed by atoms with van der Waals surface area (Å²) in [7, 11) is -1.73. The van der Waals surface area contributed by atoms with Gasteiger partial charge < -0.3 is 0 Å². The van der Waals surface area contributed by atoms with Gasteiger partial charge in [-0.3, -0.25) is 0 Å². The maximum atomic E-state index is 12.8. The molecule has 0 radical (unpaired) electrons. The van der Waals surface area contributed by atoms with E-state index < -0.39 is 9.84 Å². The summed E-state index contributed by atoms with van der Waals surface area (Å²) in [5.41, 5.74) is 1.33. The molecule has 112 valence electrons. The Kier molecular flexibility index (Phi) is 3.77. The van der Waals surface area contributed by atoms with Crippen molar-refractivity contribution in [3.05, 3.63) is 66.5 Å². The van der Waals surface area contributed by atoms with Gasteiger partial charge >= 0.3 is 0 Å². The molecule has 6 heteroatoms. The molecule has 0 unspecified atom stereocenters. The molecule has 5 nitrogen and oxygen atoms in total. The summed E-state index contributed by atoms with van der Waals surface area (Å²) in [6.07, 6.45) is 1.41. The molecule has 0 bridgehead atoms. The number of hydrogen-bond donors (Lipinski definition) is 0. The number of aryl methyl sites for hydroxylation is 1. The third-order valence-corrected chi connectivity index (χ3v) is 5.11. The third-order valence-electron chi connectivity index (χ3n) is 3.37. The fourth-order valence-corrected chi connectivity index (χ4v) is 3.90. The highest BCUT2D eigenvalue weighted by molar-refractivity contribution is 7.90. The van der Waals surface area contributed by atoms with Crippen molar-refractivity contribution in [2.75, 3.05) is 0 Å². The van der Waals surface area contributed by atoms with Crippen LogP contribution >= 0.6 is 0 Å². The monoisotopic (exact) mass is 313 g/mol. The Morgan fingerprint density at radius 3 is 2.36 bits per heavy atom. The first-order valence-corrected chi connectivity index (χ1v) is 8.43. The lowest BCUT2D eigenvalue weighted by atomic mass is 10.2. The highest BCUT2D eigenvalue weighted by Gasteiger charge is 2.21. The number of benzene rings is 2. The summed E-state index contributed by atoms with van der Waals surface area (Å²) in [6, 6.07) is 16.0. The molecule has 2 aromatic carbocycles. The van der Waals surface area contributed by atoms with Crippen LogP contribution in [0.15, 0.2) is 65.8 Å². The molecule has 0 amide bonds. The molecule has 0 saturated heterocycles. The van der Waals surface area contributed by atoms with Gasteiger partial charge in [0.15, 0.2) is 15.7 Å². The second kappa shape index (κ2) is 5.73. The molecule has 0 atom stereocenters. The van der Waals surface area contributed by atoms with Crippen LogP contribution in [-0.2, 0) is 22.6 Å². The summed E-state index contributed by atoms with van der Waals surface area (Å²) in [4.78, 5) is 4.43. The summed E-state index contributed by atoms with van der Waals surface area (Å²) in [5, 5.41) is 4.01. The molecular weight excluding hydrogens is 298 g/mol. The van der Waals surface area contributed by atoms with Crippen LogP contribution in [0.5, 0.6) is 0 Å². The van der Waals surface area contributed by atoms with Crippen LogP contribution in [-0.4, -0.2) is 23.2 Å². The summed E-state index contributed by atoms with van der Waals surface area (Å²) >= 11 is 0. The third kappa shape index (κ3) is 2.78. The van der Waals surface area contributed by atoms with Crippen molar-refractivity contribution in [2.24, 2.45) is 7.05 Å². The van der Waals surface area contributed by atoms with E-state index in [9.17, 15) is 8.42 Å². The first-order chi connectivity index (χ1) is 10.6. The second-order valence-electron chi connectivity index (χ2n) is 4.95. The van der Waals surface area contributed by atoms with E-state index in [0.717, 1.165) is 5.56 Å². The summed E-state index contributed by atoms with van der Waals surface area (Å²) in [6.45, 7) is 0. The van der Waals surface area contributed by atoms with E-state index in [1.54, 1.807) is 36.0 Å². The van der Waals surface area contributed by atoms with Crippen LogP contribution in [0.1, 0.15) is 5.56 Å². The topological polar surface area (TPSA) is 64.8 Å². The Morgan fingerprint density at radius 1 is 1.00 bits per heavy atom. The minimum Gasteiger partial charge on any atom is -0.249 e. The Bertz CT molecular complexity index is 887. The molecule has 3 aromatic rings. The second-order valence-corrected chi connectivity index (χ2v) is 6.91. The van der Waals surface area contributed by atoms with E-state index in [1.165, 1.54) is 6.33 Å². The lowest BCUT2D eigenvalue weighted by Gasteiger charge is -2.10. The Labute approximate surface area is 129 Å². The molecule has 0 aliphatic carbocycles. The maximum Gasteiger partial charge on any atom is 0.183 e. The van der Waals surface area contributed by atoms with Crippen molar-refractivity contribution < 1.29 is 8.42 Å². The number of hydrogen-bond acceptors (Lipinski definition) is 4. The van der Waals surface area contributed by atoms with Crippen molar-refractivity contribution in [1.29, 1.82) is 0 Å². The van der Waals surface area contributed by atoms with Crippen molar-refractivity contribution >= 4 is 9.84 Å². The SMILES string of the molecule is Cn1ncnc1-c1ccccc1S(=O)(=O)Cc1ccccc1. The highest BCUT2D eigenvalue weighted by Crippen LogP contribution is 2.27. The van der Waals surface area contributed by atoms with Gasteiger partial charge in [-0.2, -0.15) is 5.10 Å². The molecule has 0 aliphatic rings. The molecule has 0 saturated carbocycles. The van der Waals surface area contributed by atoms with Gasteiger partial charge in [0.25, 0.3) is 0 Å². The van der Waals surface area contributed by atoms with Crippen molar-refractivity contribution in [2.45, 2.75) is 10.6 Å². The Morgan fingerprint density at radius 2 is 1.68 bits per heavy atom. The van der Waals surface area contributed by atoms with Gasteiger partial charge in [0, 0.05) is 12.6 Å². The van der Waals surface area contributed by atoms with E-state index in [2.05, 4.69) is 10.1 Å². The predicted octanol–water partition coefficient (Wildman–Crippen LogP) is 2.46. The summed E-state index contributed by atoms with van der Waals surface area (Å²) < 4.78 is 27.1. The van der Waals surface area contributed by atoms with Crippen LogP contribution in [0.2, 0.25) is 0 Å². The average molecular weight is 313 g/mol. The van der Waals surface area contributed by atoms with Gasteiger partial charge in [0.05, 0.1) is 10.6 Å². The van der Waals surface area contributed by atoms with Crippen LogP contribution in [0, 0.1) is 0 Å². The molecule has 0 spiro atoms. The molecule has 3 rings (SSSR count).